The molecule has 0 bridgehead atoms. The summed E-state index contributed by atoms with van der Waals surface area (Å²) in [5, 5.41) is 0. The van der Waals surface area contributed by atoms with Gasteiger partial charge in [-0.15, -0.1) is 0 Å². The zero-order chi connectivity index (χ0) is 15.0. The van der Waals surface area contributed by atoms with E-state index in [9.17, 15) is 9.59 Å². The van der Waals surface area contributed by atoms with E-state index >= 15 is 0 Å². The van der Waals surface area contributed by atoms with Crippen LogP contribution in [0.3, 0.4) is 0 Å². The van der Waals surface area contributed by atoms with Crippen molar-refractivity contribution in [2.24, 2.45) is 0 Å². The number of carbonyl (C=O) groups is 2. The summed E-state index contributed by atoms with van der Waals surface area (Å²) in [6, 6.07) is 14.5. The van der Waals surface area contributed by atoms with Gasteiger partial charge in [-0.3, -0.25) is 14.5 Å². The summed E-state index contributed by atoms with van der Waals surface area (Å²) in [6.07, 6.45) is 0. The van der Waals surface area contributed by atoms with Crippen molar-refractivity contribution in [3.63, 3.8) is 0 Å². The van der Waals surface area contributed by atoms with Crippen molar-refractivity contribution < 1.29 is 9.59 Å². The van der Waals surface area contributed by atoms with Crippen LogP contribution < -0.4 is 9.80 Å². The standard InChI is InChI=1S/C16H13BrN2O2/c1-18-13-4-2-3-5-14(13)19(10-15(18)20)16(21)11-6-8-12(17)9-7-11/h2-9H,10H2,1H3. The molecule has 3 rings (SSSR count). The topological polar surface area (TPSA) is 40.6 Å². The molecular weight excluding hydrogens is 332 g/mol. The van der Waals surface area contributed by atoms with E-state index in [0.717, 1.165) is 15.8 Å². The predicted molar refractivity (Wildman–Crippen MR) is 85.7 cm³/mol. The largest absolute Gasteiger partial charge is 0.312 e. The summed E-state index contributed by atoms with van der Waals surface area (Å²) < 4.78 is 0.911. The Morgan fingerprint density at radius 3 is 2.33 bits per heavy atom. The zero-order valence-electron chi connectivity index (χ0n) is 11.4. The molecule has 2 amide bonds. The Balaban J connectivity index is 2.02. The average molecular weight is 345 g/mol. The molecule has 2 aromatic carbocycles. The van der Waals surface area contributed by atoms with E-state index in [1.54, 1.807) is 24.1 Å². The van der Waals surface area contributed by atoms with Gasteiger partial charge in [-0.05, 0) is 36.4 Å². The number of rotatable bonds is 1. The number of benzene rings is 2. The van der Waals surface area contributed by atoms with Crippen LogP contribution in [-0.2, 0) is 4.79 Å². The zero-order valence-corrected chi connectivity index (χ0v) is 13.0. The Hall–Kier alpha value is -2.14. The van der Waals surface area contributed by atoms with Crippen molar-refractivity contribution in [2.75, 3.05) is 23.4 Å². The molecule has 5 heteroatoms. The van der Waals surface area contributed by atoms with Crippen LogP contribution in [0.15, 0.2) is 53.0 Å². The highest BCUT2D eigenvalue weighted by atomic mass is 79.9. The summed E-state index contributed by atoms with van der Waals surface area (Å²) in [5.41, 5.74) is 2.07. The van der Waals surface area contributed by atoms with Gasteiger partial charge in [0.25, 0.3) is 5.91 Å². The lowest BCUT2D eigenvalue weighted by atomic mass is 10.1. The molecule has 2 aromatic rings. The Kier molecular flexibility index (Phi) is 3.51. The smallest absolute Gasteiger partial charge is 0.258 e. The number of para-hydroxylation sites is 2. The van der Waals surface area contributed by atoms with E-state index in [-0.39, 0.29) is 18.4 Å². The number of anilines is 2. The van der Waals surface area contributed by atoms with Crippen LogP contribution in [0.2, 0.25) is 0 Å². The normalized spacial score (nSPS) is 14.1. The van der Waals surface area contributed by atoms with Crippen LogP contribution in [0.25, 0.3) is 0 Å². The first-order chi connectivity index (χ1) is 10.1. The number of fused-ring (bicyclic) bond motifs is 1. The molecule has 0 radical (unpaired) electrons. The van der Waals surface area contributed by atoms with Crippen molar-refractivity contribution in [3.8, 4) is 0 Å². The molecule has 106 valence electrons. The molecule has 1 aliphatic rings. The maximum absolute atomic E-state index is 12.7. The fraction of sp³-hybridized carbons (Fsp3) is 0.125. The lowest BCUT2D eigenvalue weighted by molar-refractivity contribution is -0.117. The molecule has 21 heavy (non-hydrogen) atoms. The minimum atomic E-state index is -0.170. The van der Waals surface area contributed by atoms with E-state index in [1.165, 1.54) is 4.90 Å². The number of likely N-dealkylation sites (N-methyl/N-ethyl adjacent to an activating group) is 1. The number of amides is 2. The Morgan fingerprint density at radius 1 is 1.05 bits per heavy atom. The Morgan fingerprint density at radius 2 is 1.67 bits per heavy atom. The van der Waals surface area contributed by atoms with Gasteiger partial charge in [-0.1, -0.05) is 28.1 Å². The van der Waals surface area contributed by atoms with E-state index in [0.29, 0.717) is 5.56 Å². The molecule has 0 aromatic heterocycles. The molecule has 0 fully saturated rings. The van der Waals surface area contributed by atoms with Gasteiger partial charge in [0.2, 0.25) is 5.91 Å². The first-order valence-electron chi connectivity index (χ1n) is 6.51. The van der Waals surface area contributed by atoms with Crippen LogP contribution in [-0.4, -0.2) is 25.4 Å². The third-order valence-electron chi connectivity index (χ3n) is 3.54. The molecule has 0 aliphatic carbocycles. The Bertz CT molecular complexity index is 712. The maximum Gasteiger partial charge on any atom is 0.258 e. The molecule has 0 spiro atoms. The van der Waals surface area contributed by atoms with Crippen molar-refractivity contribution in [2.45, 2.75) is 0 Å². The third kappa shape index (κ3) is 2.45. The van der Waals surface area contributed by atoms with Gasteiger partial charge in [-0.25, -0.2) is 0 Å². The summed E-state index contributed by atoms with van der Waals surface area (Å²) in [5.74, 6) is -0.268. The summed E-state index contributed by atoms with van der Waals surface area (Å²) in [7, 11) is 1.72. The third-order valence-corrected chi connectivity index (χ3v) is 4.07. The van der Waals surface area contributed by atoms with Gasteiger partial charge >= 0.3 is 0 Å². The van der Waals surface area contributed by atoms with Crippen molar-refractivity contribution in [1.29, 1.82) is 0 Å². The minimum Gasteiger partial charge on any atom is -0.312 e. The van der Waals surface area contributed by atoms with Crippen molar-refractivity contribution >= 4 is 39.1 Å². The second kappa shape index (κ2) is 5.33. The summed E-state index contributed by atoms with van der Waals surface area (Å²) in [4.78, 5) is 27.9. The monoisotopic (exact) mass is 344 g/mol. The molecule has 0 saturated carbocycles. The van der Waals surface area contributed by atoms with Crippen LogP contribution >= 0.6 is 15.9 Å². The van der Waals surface area contributed by atoms with Crippen LogP contribution in [0.1, 0.15) is 10.4 Å². The molecule has 0 N–H and O–H groups in total. The highest BCUT2D eigenvalue weighted by Crippen LogP contribution is 2.33. The molecule has 0 unspecified atom stereocenters. The lowest BCUT2D eigenvalue weighted by Crippen LogP contribution is -2.46. The fourth-order valence-electron chi connectivity index (χ4n) is 2.37. The van der Waals surface area contributed by atoms with Gasteiger partial charge < -0.3 is 4.90 Å². The highest BCUT2D eigenvalue weighted by Gasteiger charge is 2.30. The quantitative estimate of drug-likeness (QED) is 0.797. The summed E-state index contributed by atoms with van der Waals surface area (Å²) >= 11 is 3.35. The second-order valence-corrected chi connectivity index (χ2v) is 5.76. The summed E-state index contributed by atoms with van der Waals surface area (Å²) in [6.45, 7) is 0.0579. The molecule has 1 heterocycles. The van der Waals surface area contributed by atoms with E-state index in [2.05, 4.69) is 15.9 Å². The minimum absolute atomic E-state index is 0.0579. The highest BCUT2D eigenvalue weighted by molar-refractivity contribution is 9.10. The average Bonchev–Trinajstić information content (AvgIpc) is 2.51. The molecule has 1 aliphatic heterocycles. The van der Waals surface area contributed by atoms with E-state index < -0.39 is 0 Å². The van der Waals surface area contributed by atoms with Crippen LogP contribution in [0.5, 0.6) is 0 Å². The molecule has 4 nitrogen and oxygen atoms in total. The second-order valence-electron chi connectivity index (χ2n) is 4.84. The number of hydrogen-bond acceptors (Lipinski definition) is 2. The van der Waals surface area contributed by atoms with Crippen molar-refractivity contribution in [3.05, 3.63) is 58.6 Å². The van der Waals surface area contributed by atoms with E-state index in [4.69, 9.17) is 0 Å². The first kappa shape index (κ1) is 13.8. The number of halogens is 1. The van der Waals surface area contributed by atoms with Crippen molar-refractivity contribution in [1.82, 2.24) is 0 Å². The van der Waals surface area contributed by atoms with Gasteiger partial charge in [0, 0.05) is 17.1 Å². The predicted octanol–water partition coefficient (Wildman–Crippen LogP) is 3.07. The van der Waals surface area contributed by atoms with E-state index in [1.807, 2.05) is 36.4 Å². The van der Waals surface area contributed by atoms with Gasteiger partial charge in [0.15, 0.2) is 0 Å². The molecule has 0 atom stereocenters. The van der Waals surface area contributed by atoms with Gasteiger partial charge in [-0.2, -0.15) is 0 Å². The molecular formula is C16H13BrN2O2. The number of hydrogen-bond donors (Lipinski definition) is 0. The van der Waals surface area contributed by atoms with Gasteiger partial charge in [0.05, 0.1) is 11.4 Å². The van der Waals surface area contributed by atoms with Crippen LogP contribution in [0.4, 0.5) is 11.4 Å². The molecule has 0 saturated heterocycles. The van der Waals surface area contributed by atoms with Crippen LogP contribution in [0, 0.1) is 0 Å². The SMILES string of the molecule is CN1C(=O)CN(C(=O)c2ccc(Br)cc2)c2ccccc21. The Labute approximate surface area is 131 Å². The van der Waals surface area contributed by atoms with Gasteiger partial charge in [0.1, 0.15) is 6.54 Å². The number of nitrogens with zero attached hydrogens (tertiary/aromatic N) is 2. The maximum atomic E-state index is 12.7. The fourth-order valence-corrected chi connectivity index (χ4v) is 2.63. The lowest BCUT2D eigenvalue weighted by Gasteiger charge is -2.34. The number of carbonyl (C=O) groups excluding carboxylic acids is 2. The first-order valence-corrected chi connectivity index (χ1v) is 7.30.